The predicted octanol–water partition coefficient (Wildman–Crippen LogP) is 2.38. The molecule has 1 unspecified atom stereocenters. The summed E-state index contributed by atoms with van der Waals surface area (Å²) in [5.41, 5.74) is 0. The molecule has 0 aliphatic heterocycles. The van der Waals surface area contributed by atoms with Crippen molar-refractivity contribution in [1.82, 2.24) is 0 Å². The van der Waals surface area contributed by atoms with Gasteiger partial charge in [-0.05, 0) is 0 Å². The molecule has 0 heterocycles. The van der Waals surface area contributed by atoms with Crippen LogP contribution in [-0.2, 0) is 0 Å². The van der Waals surface area contributed by atoms with Gasteiger partial charge in [0.25, 0.3) is 0 Å². The summed E-state index contributed by atoms with van der Waals surface area (Å²) in [5, 5.41) is 0. The van der Waals surface area contributed by atoms with Gasteiger partial charge in [0.2, 0.25) is 0 Å². The van der Waals surface area contributed by atoms with E-state index in [0.717, 1.165) is 0 Å². The minimum absolute atomic E-state index is 0.337. The highest BCUT2D eigenvalue weighted by Crippen LogP contribution is 2.53. The van der Waals surface area contributed by atoms with Gasteiger partial charge in [-0.25, -0.2) is 0 Å². The van der Waals surface area contributed by atoms with E-state index in [-0.39, 0.29) is 0 Å². The third-order valence-electron chi connectivity index (χ3n) is 0.231. The van der Waals surface area contributed by atoms with E-state index in [0.29, 0.717) is 7.61 Å². The van der Waals surface area contributed by atoms with Gasteiger partial charge in [0.15, 0.2) is 0 Å². The Morgan fingerprint density at radius 2 is 1.80 bits per heavy atom. The molecule has 0 aliphatic carbocycles. The first kappa shape index (κ1) is 6.29. The van der Waals surface area contributed by atoms with Crippen LogP contribution < -0.4 is 0 Å². The molecule has 0 amide bonds. The first-order chi connectivity index (χ1) is 2.27. The molecule has 0 saturated carbocycles. The molecule has 1 atom stereocenters. The minimum atomic E-state index is 0.337. The van der Waals surface area contributed by atoms with Gasteiger partial charge < -0.3 is 7.96 Å². The molecule has 0 saturated heterocycles. The first-order valence-electron chi connectivity index (χ1n) is 1.35. The smallest absolute Gasteiger partial charge is 0.0715 e. The van der Waals surface area contributed by atoms with Gasteiger partial charge in [-0.1, -0.05) is 13.3 Å². The molecule has 0 radical (unpaired) electrons. The lowest BCUT2D eigenvalue weighted by Crippen LogP contribution is -1.38. The van der Waals surface area contributed by atoms with E-state index in [1.807, 2.05) is 0 Å². The quantitative estimate of drug-likeness (QED) is 0.472. The maximum absolute atomic E-state index is 2.70. The lowest BCUT2D eigenvalue weighted by molar-refractivity contribution is 2.30. The maximum atomic E-state index is 2.70. The Kier molecular flexibility index (Phi) is 4.38. The van der Waals surface area contributed by atoms with E-state index in [1.54, 1.807) is 0 Å². The topological polar surface area (TPSA) is 0 Å². The van der Waals surface area contributed by atoms with E-state index in [9.17, 15) is 0 Å². The highest BCUT2D eigenvalue weighted by Gasteiger charge is 1.59. The van der Waals surface area contributed by atoms with Crippen LogP contribution in [0.2, 0.25) is 0 Å². The van der Waals surface area contributed by atoms with Crippen molar-refractivity contribution in [2.24, 2.45) is 0 Å². The summed E-state index contributed by atoms with van der Waals surface area (Å²) in [6, 6.07) is 0. The molecule has 5 heavy (non-hydrogen) atoms. The van der Waals surface area contributed by atoms with Crippen LogP contribution >= 0.6 is 24.5 Å². The second-order valence-corrected chi connectivity index (χ2v) is 8.06. The third kappa shape index (κ3) is 5.29. The Labute approximate surface area is 38.6 Å². The fourth-order valence-corrected chi connectivity index (χ4v) is 0. The second-order valence-electron chi connectivity index (χ2n) is 0.963. The fraction of sp³-hybridized carbons (Fsp3) is 1.00. The summed E-state index contributed by atoms with van der Waals surface area (Å²) >= 11 is 0. The van der Waals surface area contributed by atoms with Gasteiger partial charge in [0, 0.05) is 0 Å². The zero-order chi connectivity index (χ0) is 4.28. The van der Waals surface area contributed by atoms with E-state index in [1.165, 1.54) is 7.96 Å². The predicted molar refractivity (Wildman–Crippen MR) is 35.4 cm³/mol. The third-order valence-corrected chi connectivity index (χ3v) is 6.24. The normalized spacial score (nSPS) is 12.0. The standard InChI is InChI=1S/C2H8P3/c1-5(2)4-3/h3H2,1-2H3/q-1. The SMILES string of the molecule is CP(C)[P-]P. The van der Waals surface area contributed by atoms with Crippen LogP contribution in [0.5, 0.6) is 0 Å². The molecule has 0 bridgehead atoms. The van der Waals surface area contributed by atoms with Crippen LogP contribution in [0.4, 0.5) is 0 Å². The molecule has 0 rings (SSSR count). The molecule has 0 N–H and O–H groups in total. The van der Waals surface area contributed by atoms with Crippen molar-refractivity contribution in [2.45, 2.75) is 0 Å². The number of hydrogen-bond donors (Lipinski definition) is 0. The Morgan fingerprint density at radius 3 is 1.80 bits per heavy atom. The van der Waals surface area contributed by atoms with E-state index in [4.69, 9.17) is 0 Å². The summed E-state index contributed by atoms with van der Waals surface area (Å²) in [6.07, 6.45) is 0. The lowest BCUT2D eigenvalue weighted by atomic mass is 11.9. The average Bonchev–Trinajstić information content (AvgIpc) is 1.38. The van der Waals surface area contributed by atoms with Crippen molar-refractivity contribution < 1.29 is 0 Å². The van der Waals surface area contributed by atoms with Crippen LogP contribution in [0.25, 0.3) is 0 Å². The Hall–Kier alpha value is 1.29. The molecular weight excluding hydrogens is 117 g/mol. The van der Waals surface area contributed by atoms with Gasteiger partial charge in [-0.15, -0.1) is 0 Å². The van der Waals surface area contributed by atoms with E-state index >= 15 is 0 Å². The molecular formula is C2H8P3-. The highest BCUT2D eigenvalue weighted by atomic mass is 32.4. The van der Waals surface area contributed by atoms with Crippen molar-refractivity contribution in [3.8, 4) is 0 Å². The molecule has 0 aliphatic rings. The van der Waals surface area contributed by atoms with Gasteiger partial charge >= 0.3 is 0 Å². The minimum Gasteiger partial charge on any atom is -0.483 e. The summed E-state index contributed by atoms with van der Waals surface area (Å²) < 4.78 is 0. The van der Waals surface area contributed by atoms with Crippen molar-refractivity contribution in [2.75, 3.05) is 13.3 Å². The first-order valence-corrected chi connectivity index (χ1v) is 6.81. The van der Waals surface area contributed by atoms with Gasteiger partial charge in [0.05, 0.1) is 0 Å². The Balaban J connectivity index is 2.54. The summed E-state index contributed by atoms with van der Waals surface area (Å²) in [6.45, 7) is 4.51. The van der Waals surface area contributed by atoms with Crippen LogP contribution in [0.15, 0.2) is 0 Å². The van der Waals surface area contributed by atoms with E-state index < -0.39 is 0 Å². The molecule has 0 aromatic rings. The monoisotopic (exact) mass is 125 g/mol. The Bertz CT molecular complexity index is 18.9. The fourth-order valence-electron chi connectivity index (χ4n) is 0. The Morgan fingerprint density at radius 1 is 1.60 bits per heavy atom. The van der Waals surface area contributed by atoms with Crippen molar-refractivity contribution >= 4 is 24.5 Å². The summed E-state index contributed by atoms with van der Waals surface area (Å²) in [4.78, 5) is 0. The molecule has 0 aromatic heterocycles. The largest absolute Gasteiger partial charge is 0.483 e. The second kappa shape index (κ2) is 3.48. The van der Waals surface area contributed by atoms with Gasteiger partial charge in [-0.3, -0.25) is 16.5 Å². The van der Waals surface area contributed by atoms with Crippen LogP contribution in [0.1, 0.15) is 0 Å². The number of hydrogen-bond acceptors (Lipinski definition) is 0. The van der Waals surface area contributed by atoms with Crippen molar-refractivity contribution in [3.63, 3.8) is 0 Å². The molecule has 0 spiro atoms. The average molecular weight is 125 g/mol. The van der Waals surface area contributed by atoms with Crippen LogP contribution in [0.3, 0.4) is 0 Å². The van der Waals surface area contributed by atoms with Gasteiger partial charge in [-0.2, -0.15) is 0 Å². The van der Waals surface area contributed by atoms with E-state index in [2.05, 4.69) is 22.3 Å². The zero-order valence-electron chi connectivity index (χ0n) is 3.47. The maximum Gasteiger partial charge on any atom is -0.0715 e. The molecule has 0 fully saturated rings. The zero-order valence-corrected chi connectivity index (χ0v) is 6.42. The number of rotatable bonds is 1. The van der Waals surface area contributed by atoms with Crippen LogP contribution in [0, 0.1) is 0 Å². The molecule has 3 heteroatoms. The van der Waals surface area contributed by atoms with Gasteiger partial charge in [0.1, 0.15) is 0 Å². The van der Waals surface area contributed by atoms with Crippen molar-refractivity contribution in [3.05, 3.63) is 0 Å². The lowest BCUT2D eigenvalue weighted by Gasteiger charge is -2.14. The molecule has 0 aromatic carbocycles. The summed E-state index contributed by atoms with van der Waals surface area (Å²) in [5.74, 6) is 0. The molecule has 0 nitrogen and oxygen atoms in total. The molecule has 32 valence electrons. The summed E-state index contributed by atoms with van der Waals surface area (Å²) in [7, 11) is 4.51. The van der Waals surface area contributed by atoms with Crippen molar-refractivity contribution in [1.29, 1.82) is 0 Å². The highest BCUT2D eigenvalue weighted by molar-refractivity contribution is 8.44. The van der Waals surface area contributed by atoms with Crippen LogP contribution in [-0.4, -0.2) is 13.3 Å².